The second kappa shape index (κ2) is 8.49. The molecule has 0 N–H and O–H groups in total. The molecule has 1 atom stereocenters. The summed E-state index contributed by atoms with van der Waals surface area (Å²) in [5.41, 5.74) is 1.93. The minimum absolute atomic E-state index is 0.0166. The summed E-state index contributed by atoms with van der Waals surface area (Å²) < 4.78 is 21.6. The van der Waals surface area contributed by atoms with Gasteiger partial charge in [0, 0.05) is 18.7 Å². The van der Waals surface area contributed by atoms with Crippen LogP contribution in [0.2, 0.25) is 0 Å². The molecule has 2 aromatic carbocycles. The highest BCUT2D eigenvalue weighted by atomic mass is 16.6. The highest BCUT2D eigenvalue weighted by Gasteiger charge is 2.25. The Kier molecular flexibility index (Phi) is 5.86. The van der Waals surface area contributed by atoms with Gasteiger partial charge < -0.3 is 18.9 Å². The summed E-state index contributed by atoms with van der Waals surface area (Å²) in [6.45, 7) is 0.741. The van der Waals surface area contributed by atoms with Gasteiger partial charge in [-0.1, -0.05) is 36.4 Å². The minimum atomic E-state index is -0.370. The van der Waals surface area contributed by atoms with Crippen LogP contribution < -0.4 is 14.2 Å². The van der Waals surface area contributed by atoms with Gasteiger partial charge in [0.2, 0.25) is 5.75 Å². The fourth-order valence-corrected chi connectivity index (χ4v) is 3.01. The predicted molar refractivity (Wildman–Crippen MR) is 101 cm³/mol. The van der Waals surface area contributed by atoms with E-state index in [1.807, 2.05) is 48.5 Å². The summed E-state index contributed by atoms with van der Waals surface area (Å²) in [4.78, 5) is 13.9. The van der Waals surface area contributed by atoms with E-state index in [4.69, 9.17) is 18.9 Å². The van der Waals surface area contributed by atoms with Gasteiger partial charge in [-0.3, -0.25) is 4.90 Å². The van der Waals surface area contributed by atoms with Crippen molar-refractivity contribution in [1.29, 1.82) is 0 Å². The van der Waals surface area contributed by atoms with E-state index in [0.29, 0.717) is 23.8 Å². The third-order valence-corrected chi connectivity index (χ3v) is 4.45. The maximum Gasteiger partial charge on any atom is 0.414 e. The van der Waals surface area contributed by atoms with Gasteiger partial charge in [-0.2, -0.15) is 0 Å². The number of methoxy groups -OCH3 is 3. The lowest BCUT2D eigenvalue weighted by Crippen LogP contribution is -2.26. The molecular weight excluding hydrogens is 346 g/mol. The summed E-state index contributed by atoms with van der Waals surface area (Å²) in [6.07, 6.45) is 3.34. The van der Waals surface area contributed by atoms with Crippen molar-refractivity contribution >= 4 is 6.09 Å². The van der Waals surface area contributed by atoms with Gasteiger partial charge in [0.1, 0.15) is 6.61 Å². The minimum Gasteiger partial charge on any atom is -0.493 e. The van der Waals surface area contributed by atoms with E-state index in [9.17, 15) is 4.79 Å². The Bertz CT molecular complexity index is 794. The molecular formula is C21H23NO5. The first-order chi connectivity index (χ1) is 13.2. The van der Waals surface area contributed by atoms with Crippen LogP contribution in [-0.4, -0.2) is 38.9 Å². The summed E-state index contributed by atoms with van der Waals surface area (Å²) in [7, 11) is 4.73. The maximum absolute atomic E-state index is 12.3. The highest BCUT2D eigenvalue weighted by molar-refractivity contribution is 5.70. The number of carbonyl (C=O) groups is 1. The van der Waals surface area contributed by atoms with Gasteiger partial charge in [-0.05, 0) is 23.3 Å². The van der Waals surface area contributed by atoms with Crippen LogP contribution >= 0.6 is 0 Å². The Morgan fingerprint density at radius 3 is 2.30 bits per heavy atom. The molecule has 3 rings (SSSR count). The number of carbonyl (C=O) groups excluding carboxylic acids is 1. The molecule has 2 aromatic rings. The van der Waals surface area contributed by atoms with Crippen LogP contribution in [0.4, 0.5) is 4.79 Å². The quantitative estimate of drug-likeness (QED) is 0.771. The smallest absolute Gasteiger partial charge is 0.414 e. The number of rotatable bonds is 6. The Morgan fingerprint density at radius 2 is 1.70 bits per heavy atom. The van der Waals surface area contributed by atoms with Crippen molar-refractivity contribution in [1.82, 2.24) is 4.90 Å². The van der Waals surface area contributed by atoms with Crippen molar-refractivity contribution in [2.45, 2.75) is 12.5 Å². The molecule has 0 aliphatic carbocycles. The van der Waals surface area contributed by atoms with Gasteiger partial charge in [0.25, 0.3) is 0 Å². The third-order valence-electron chi connectivity index (χ3n) is 4.45. The zero-order valence-electron chi connectivity index (χ0n) is 15.7. The number of amides is 1. The lowest BCUT2D eigenvalue weighted by Gasteiger charge is -2.19. The van der Waals surface area contributed by atoms with Crippen LogP contribution in [0.1, 0.15) is 17.0 Å². The highest BCUT2D eigenvalue weighted by Crippen LogP contribution is 2.41. The van der Waals surface area contributed by atoms with Crippen LogP contribution in [0.25, 0.3) is 0 Å². The van der Waals surface area contributed by atoms with Gasteiger partial charge in [0.15, 0.2) is 11.5 Å². The molecule has 6 nitrogen and oxygen atoms in total. The van der Waals surface area contributed by atoms with Crippen molar-refractivity contribution in [3.05, 3.63) is 65.9 Å². The Balaban J connectivity index is 1.67. The van der Waals surface area contributed by atoms with E-state index in [0.717, 1.165) is 11.1 Å². The van der Waals surface area contributed by atoms with Crippen molar-refractivity contribution in [2.24, 2.45) is 0 Å². The summed E-state index contributed by atoms with van der Waals surface area (Å²) in [5, 5.41) is 0. The lowest BCUT2D eigenvalue weighted by molar-refractivity contribution is 0.112. The van der Waals surface area contributed by atoms with E-state index in [-0.39, 0.29) is 18.6 Å². The van der Waals surface area contributed by atoms with E-state index in [1.54, 1.807) is 32.4 Å². The predicted octanol–water partition coefficient (Wildman–Crippen LogP) is 3.96. The van der Waals surface area contributed by atoms with E-state index in [1.165, 1.54) is 0 Å². The van der Waals surface area contributed by atoms with E-state index < -0.39 is 0 Å². The molecule has 0 bridgehead atoms. The zero-order valence-corrected chi connectivity index (χ0v) is 15.7. The van der Waals surface area contributed by atoms with Crippen LogP contribution in [0.3, 0.4) is 0 Å². The molecule has 0 aromatic heterocycles. The van der Waals surface area contributed by atoms with Crippen molar-refractivity contribution in [2.75, 3.05) is 27.9 Å². The topological polar surface area (TPSA) is 57.2 Å². The molecule has 1 unspecified atom stereocenters. The fraction of sp³-hybridized carbons (Fsp3) is 0.286. The average molecular weight is 369 g/mol. The first kappa shape index (κ1) is 18.6. The number of hydrogen-bond donors (Lipinski definition) is 0. The van der Waals surface area contributed by atoms with Crippen molar-refractivity contribution < 1.29 is 23.7 Å². The van der Waals surface area contributed by atoms with Gasteiger partial charge in [0.05, 0.1) is 21.3 Å². The molecule has 1 heterocycles. The molecule has 0 saturated carbocycles. The SMILES string of the molecule is COc1cc(C2C=CN(C(=O)OCc3ccccc3)C2)cc(OC)c1OC. The largest absolute Gasteiger partial charge is 0.493 e. The molecule has 0 saturated heterocycles. The van der Waals surface area contributed by atoms with Crippen molar-refractivity contribution in [3.63, 3.8) is 0 Å². The fourth-order valence-electron chi connectivity index (χ4n) is 3.01. The standard InChI is InChI=1S/C21H23NO5/c1-24-18-11-17(12-19(25-2)20(18)26-3)16-9-10-22(13-16)21(23)27-14-15-7-5-4-6-8-15/h4-12,16H,13-14H2,1-3H3. The molecule has 1 aliphatic rings. The van der Waals surface area contributed by atoms with Gasteiger partial charge in [-0.25, -0.2) is 4.79 Å². The Morgan fingerprint density at radius 1 is 1.04 bits per heavy atom. The monoisotopic (exact) mass is 369 g/mol. The first-order valence-electron chi connectivity index (χ1n) is 8.61. The Labute approximate surface area is 158 Å². The number of nitrogens with zero attached hydrogens (tertiary/aromatic N) is 1. The van der Waals surface area contributed by atoms with E-state index >= 15 is 0 Å². The van der Waals surface area contributed by atoms with Crippen LogP contribution in [0.15, 0.2) is 54.7 Å². The zero-order chi connectivity index (χ0) is 19.2. The summed E-state index contributed by atoms with van der Waals surface area (Å²) >= 11 is 0. The second-order valence-corrected chi connectivity index (χ2v) is 6.10. The normalized spacial score (nSPS) is 15.5. The molecule has 1 aliphatic heterocycles. The van der Waals surface area contributed by atoms with Crippen molar-refractivity contribution in [3.8, 4) is 17.2 Å². The van der Waals surface area contributed by atoms with Gasteiger partial charge >= 0.3 is 6.09 Å². The van der Waals surface area contributed by atoms with Crippen LogP contribution in [-0.2, 0) is 11.3 Å². The third kappa shape index (κ3) is 4.16. The molecule has 0 fully saturated rings. The molecule has 27 heavy (non-hydrogen) atoms. The summed E-state index contributed by atoms with van der Waals surface area (Å²) in [5.74, 6) is 1.74. The van der Waals surface area contributed by atoms with E-state index in [2.05, 4.69) is 0 Å². The average Bonchev–Trinajstić information content (AvgIpc) is 3.22. The molecule has 6 heteroatoms. The molecule has 1 amide bonds. The van der Waals surface area contributed by atoms with Crippen LogP contribution in [0.5, 0.6) is 17.2 Å². The molecule has 0 radical (unpaired) electrons. The maximum atomic E-state index is 12.3. The molecule has 142 valence electrons. The number of hydrogen-bond acceptors (Lipinski definition) is 5. The lowest BCUT2D eigenvalue weighted by atomic mass is 9.99. The van der Waals surface area contributed by atoms with Crippen LogP contribution in [0, 0.1) is 0 Å². The number of ether oxygens (including phenoxy) is 4. The summed E-state index contributed by atoms with van der Waals surface area (Å²) in [6, 6.07) is 13.4. The first-order valence-corrected chi connectivity index (χ1v) is 8.61. The van der Waals surface area contributed by atoms with Gasteiger partial charge in [-0.15, -0.1) is 0 Å². The molecule has 0 spiro atoms. The number of benzene rings is 2. The second-order valence-electron chi connectivity index (χ2n) is 6.10. The Hall–Kier alpha value is -3.15.